The average molecular weight is 314 g/mol. The highest BCUT2D eigenvalue weighted by Gasteiger charge is 2.04. The van der Waals surface area contributed by atoms with Crippen LogP contribution in [-0.2, 0) is 6.54 Å². The van der Waals surface area contributed by atoms with Crippen LogP contribution in [0.5, 0.6) is 0 Å². The fourth-order valence-electron chi connectivity index (χ4n) is 2.64. The summed E-state index contributed by atoms with van der Waals surface area (Å²) in [6.07, 6.45) is 0. The van der Waals surface area contributed by atoms with Gasteiger partial charge in [0.05, 0.1) is 11.0 Å². The largest absolute Gasteiger partial charge is 0.381 e. The fraction of sp³-hybridized carbons (Fsp3) is 0.0500. The van der Waals surface area contributed by atoms with Crippen molar-refractivity contribution in [3.8, 4) is 0 Å². The van der Waals surface area contributed by atoms with Gasteiger partial charge in [0.25, 0.3) is 0 Å². The van der Waals surface area contributed by atoms with Gasteiger partial charge in [0.2, 0.25) is 5.95 Å². The number of anilines is 3. The van der Waals surface area contributed by atoms with Crippen LogP contribution in [0.4, 0.5) is 17.3 Å². The number of rotatable bonds is 5. The minimum absolute atomic E-state index is 0.747. The van der Waals surface area contributed by atoms with Crippen LogP contribution in [0.3, 0.4) is 0 Å². The van der Waals surface area contributed by atoms with Crippen molar-refractivity contribution in [3.05, 3.63) is 84.4 Å². The molecule has 0 fully saturated rings. The summed E-state index contributed by atoms with van der Waals surface area (Å²) in [4.78, 5) is 7.89. The number of imidazole rings is 1. The van der Waals surface area contributed by atoms with Crippen LogP contribution in [-0.4, -0.2) is 9.97 Å². The summed E-state index contributed by atoms with van der Waals surface area (Å²) < 4.78 is 0. The summed E-state index contributed by atoms with van der Waals surface area (Å²) in [6, 6.07) is 26.5. The van der Waals surface area contributed by atoms with E-state index in [1.807, 2.05) is 42.5 Å². The van der Waals surface area contributed by atoms with Gasteiger partial charge in [0.1, 0.15) is 0 Å². The van der Waals surface area contributed by atoms with E-state index in [-0.39, 0.29) is 0 Å². The summed E-state index contributed by atoms with van der Waals surface area (Å²) in [7, 11) is 0. The first kappa shape index (κ1) is 14.3. The van der Waals surface area contributed by atoms with Crippen molar-refractivity contribution in [3.63, 3.8) is 0 Å². The lowest BCUT2D eigenvalue weighted by Gasteiger charge is -2.06. The number of aromatic amines is 1. The molecule has 4 aromatic rings. The maximum absolute atomic E-state index is 4.57. The number of nitrogens with one attached hydrogen (secondary N) is 3. The Morgan fingerprint density at radius 3 is 2.33 bits per heavy atom. The second-order valence-electron chi connectivity index (χ2n) is 5.65. The van der Waals surface area contributed by atoms with Crippen LogP contribution in [0.1, 0.15) is 5.56 Å². The van der Waals surface area contributed by atoms with E-state index >= 15 is 0 Å². The lowest BCUT2D eigenvalue weighted by atomic mass is 10.2. The lowest BCUT2D eigenvalue weighted by molar-refractivity contribution is 1.15. The molecule has 118 valence electrons. The minimum Gasteiger partial charge on any atom is -0.381 e. The van der Waals surface area contributed by atoms with E-state index in [1.54, 1.807) is 0 Å². The number of benzene rings is 3. The highest BCUT2D eigenvalue weighted by atomic mass is 15.1. The zero-order chi connectivity index (χ0) is 16.2. The van der Waals surface area contributed by atoms with Gasteiger partial charge in [0, 0.05) is 17.9 Å². The minimum atomic E-state index is 0.747. The van der Waals surface area contributed by atoms with Crippen LogP contribution in [0.2, 0.25) is 0 Å². The quantitative estimate of drug-likeness (QED) is 0.490. The molecular formula is C20H18N4. The first-order valence-electron chi connectivity index (χ1n) is 7.96. The molecule has 0 saturated heterocycles. The maximum atomic E-state index is 4.57. The summed E-state index contributed by atoms with van der Waals surface area (Å²) in [5, 5.41) is 6.73. The van der Waals surface area contributed by atoms with Gasteiger partial charge in [-0.05, 0) is 35.9 Å². The molecule has 4 nitrogen and oxygen atoms in total. The predicted molar refractivity (Wildman–Crippen MR) is 99.6 cm³/mol. The van der Waals surface area contributed by atoms with Crippen molar-refractivity contribution in [1.82, 2.24) is 9.97 Å². The monoisotopic (exact) mass is 314 g/mol. The molecule has 0 saturated carbocycles. The number of H-pyrrole nitrogens is 1. The van der Waals surface area contributed by atoms with Crippen LogP contribution >= 0.6 is 0 Å². The van der Waals surface area contributed by atoms with Crippen molar-refractivity contribution in [2.24, 2.45) is 0 Å². The Morgan fingerprint density at radius 2 is 1.54 bits per heavy atom. The molecule has 4 rings (SSSR count). The number of hydrogen-bond donors (Lipinski definition) is 3. The molecule has 0 bridgehead atoms. The number of fused-ring (bicyclic) bond motifs is 1. The van der Waals surface area contributed by atoms with Crippen molar-refractivity contribution >= 4 is 28.4 Å². The molecular weight excluding hydrogens is 296 g/mol. The van der Waals surface area contributed by atoms with Gasteiger partial charge in [-0.15, -0.1) is 0 Å². The number of para-hydroxylation sites is 1. The SMILES string of the molecule is c1ccc(CNc2ccc3nc(Nc4ccccc4)[nH]c3c2)cc1. The van der Waals surface area contributed by atoms with Gasteiger partial charge >= 0.3 is 0 Å². The molecule has 3 N–H and O–H groups in total. The highest BCUT2D eigenvalue weighted by molar-refractivity contribution is 5.82. The molecule has 1 aromatic heterocycles. The first-order valence-corrected chi connectivity index (χ1v) is 7.96. The standard InChI is InChI=1S/C20H18N4/c1-3-7-15(8-4-1)14-21-17-11-12-18-19(13-17)24-20(23-18)22-16-9-5-2-6-10-16/h1-13,21H,14H2,(H2,22,23,24). The summed E-state index contributed by atoms with van der Waals surface area (Å²) >= 11 is 0. The molecule has 1 heterocycles. The molecule has 0 amide bonds. The Bertz CT molecular complexity index is 930. The Hall–Kier alpha value is -3.27. The summed E-state index contributed by atoms with van der Waals surface area (Å²) in [5.74, 6) is 0.747. The predicted octanol–water partition coefficient (Wildman–Crippen LogP) is 4.92. The van der Waals surface area contributed by atoms with Crippen molar-refractivity contribution in [2.45, 2.75) is 6.54 Å². The molecule has 0 aliphatic rings. The third-order valence-electron chi connectivity index (χ3n) is 3.86. The molecule has 0 unspecified atom stereocenters. The van der Waals surface area contributed by atoms with Crippen LogP contribution in [0.15, 0.2) is 78.9 Å². The topological polar surface area (TPSA) is 52.7 Å². The zero-order valence-electron chi connectivity index (χ0n) is 13.2. The third kappa shape index (κ3) is 3.22. The van der Waals surface area contributed by atoms with E-state index in [0.29, 0.717) is 0 Å². The Morgan fingerprint density at radius 1 is 0.792 bits per heavy atom. The summed E-state index contributed by atoms with van der Waals surface area (Å²) in [5.41, 5.74) is 5.29. The molecule has 24 heavy (non-hydrogen) atoms. The van der Waals surface area contributed by atoms with E-state index in [9.17, 15) is 0 Å². The summed E-state index contributed by atoms with van der Waals surface area (Å²) in [6.45, 7) is 0.801. The highest BCUT2D eigenvalue weighted by Crippen LogP contribution is 2.21. The Labute approximate surface area is 140 Å². The van der Waals surface area contributed by atoms with Gasteiger partial charge < -0.3 is 15.6 Å². The van der Waals surface area contributed by atoms with Crippen LogP contribution in [0, 0.1) is 0 Å². The van der Waals surface area contributed by atoms with Crippen LogP contribution < -0.4 is 10.6 Å². The van der Waals surface area contributed by atoms with E-state index in [0.717, 1.165) is 34.9 Å². The molecule has 0 aliphatic carbocycles. The fourth-order valence-corrected chi connectivity index (χ4v) is 2.64. The van der Waals surface area contributed by atoms with Gasteiger partial charge in [-0.1, -0.05) is 48.5 Å². The molecule has 0 atom stereocenters. The number of hydrogen-bond acceptors (Lipinski definition) is 3. The third-order valence-corrected chi connectivity index (χ3v) is 3.86. The molecule has 0 spiro atoms. The lowest BCUT2D eigenvalue weighted by Crippen LogP contribution is -1.98. The maximum Gasteiger partial charge on any atom is 0.205 e. The Balaban J connectivity index is 1.51. The van der Waals surface area contributed by atoms with Gasteiger partial charge in [-0.2, -0.15) is 0 Å². The smallest absolute Gasteiger partial charge is 0.205 e. The molecule has 3 aromatic carbocycles. The molecule has 4 heteroatoms. The normalized spacial score (nSPS) is 10.7. The van der Waals surface area contributed by atoms with Crippen molar-refractivity contribution < 1.29 is 0 Å². The second kappa shape index (κ2) is 6.46. The van der Waals surface area contributed by atoms with E-state index < -0.39 is 0 Å². The first-order chi connectivity index (χ1) is 11.9. The van der Waals surface area contributed by atoms with Gasteiger partial charge in [-0.3, -0.25) is 0 Å². The zero-order valence-corrected chi connectivity index (χ0v) is 13.2. The van der Waals surface area contributed by atoms with E-state index in [4.69, 9.17) is 0 Å². The second-order valence-corrected chi connectivity index (χ2v) is 5.65. The number of aromatic nitrogens is 2. The van der Waals surface area contributed by atoms with Gasteiger partial charge in [0.15, 0.2) is 0 Å². The number of nitrogens with zero attached hydrogens (tertiary/aromatic N) is 1. The van der Waals surface area contributed by atoms with Crippen molar-refractivity contribution in [1.29, 1.82) is 0 Å². The van der Waals surface area contributed by atoms with E-state index in [2.05, 4.69) is 57.0 Å². The molecule has 0 radical (unpaired) electrons. The average Bonchev–Trinajstić information content (AvgIpc) is 3.03. The van der Waals surface area contributed by atoms with E-state index in [1.165, 1.54) is 5.56 Å². The Kier molecular flexibility index (Phi) is 3.86. The van der Waals surface area contributed by atoms with Crippen LogP contribution in [0.25, 0.3) is 11.0 Å². The van der Waals surface area contributed by atoms with Gasteiger partial charge in [-0.25, -0.2) is 4.98 Å². The van der Waals surface area contributed by atoms with Crippen molar-refractivity contribution in [2.75, 3.05) is 10.6 Å². The molecule has 0 aliphatic heterocycles.